The minimum atomic E-state index is -1.13. The van der Waals surface area contributed by atoms with Gasteiger partial charge in [0.15, 0.2) is 6.10 Å². The number of carboxylic acid groups (broad SMARTS) is 1. The number of carboxylic acids is 1. The van der Waals surface area contributed by atoms with Gasteiger partial charge in [-0.15, -0.1) is 0 Å². The van der Waals surface area contributed by atoms with Crippen LogP contribution in [0.2, 0.25) is 0 Å². The SMILES string of the molecule is CCCCCCCC/C=C/C/C=C/C/C=C/CCCC(=O)OC(COCCC(C(=O)[O-])[N+](C)(C)C)COC(=O)CCCCCCCCCCCCCCC. The van der Waals surface area contributed by atoms with Crippen LogP contribution < -0.4 is 5.11 Å². The summed E-state index contributed by atoms with van der Waals surface area (Å²) in [6.07, 6.45) is 41.7. The molecule has 54 heavy (non-hydrogen) atoms. The van der Waals surface area contributed by atoms with Crippen LogP contribution in [0.1, 0.15) is 187 Å². The molecule has 0 aliphatic heterocycles. The van der Waals surface area contributed by atoms with Gasteiger partial charge in [0, 0.05) is 19.3 Å². The number of allylic oxidation sites excluding steroid dienone is 6. The molecule has 0 bridgehead atoms. The number of hydrogen-bond acceptors (Lipinski definition) is 7. The zero-order chi connectivity index (χ0) is 40.0. The zero-order valence-electron chi connectivity index (χ0n) is 35.6. The van der Waals surface area contributed by atoms with Crippen molar-refractivity contribution in [3.8, 4) is 0 Å². The molecule has 314 valence electrons. The zero-order valence-corrected chi connectivity index (χ0v) is 35.6. The fraction of sp³-hybridized carbons (Fsp3) is 0.804. The Morgan fingerprint density at radius 1 is 0.556 bits per heavy atom. The van der Waals surface area contributed by atoms with Gasteiger partial charge < -0.3 is 28.6 Å². The molecule has 0 amide bonds. The third-order valence-corrected chi connectivity index (χ3v) is 9.78. The van der Waals surface area contributed by atoms with Crippen molar-refractivity contribution in [2.75, 3.05) is 41.0 Å². The van der Waals surface area contributed by atoms with Crippen LogP contribution in [0.15, 0.2) is 36.5 Å². The number of ether oxygens (including phenoxy) is 3. The van der Waals surface area contributed by atoms with E-state index in [-0.39, 0.29) is 49.1 Å². The van der Waals surface area contributed by atoms with Gasteiger partial charge in [-0.05, 0) is 44.9 Å². The lowest BCUT2D eigenvalue weighted by molar-refractivity contribution is -0.889. The van der Waals surface area contributed by atoms with E-state index in [0.29, 0.717) is 12.8 Å². The fourth-order valence-electron chi connectivity index (χ4n) is 6.32. The molecule has 0 heterocycles. The first kappa shape index (κ1) is 51.5. The predicted molar refractivity (Wildman–Crippen MR) is 222 cm³/mol. The predicted octanol–water partition coefficient (Wildman–Crippen LogP) is 10.5. The third-order valence-electron chi connectivity index (χ3n) is 9.78. The summed E-state index contributed by atoms with van der Waals surface area (Å²) < 4.78 is 17.1. The molecule has 0 aromatic heterocycles. The topological polar surface area (TPSA) is 102 Å². The van der Waals surface area contributed by atoms with Crippen LogP contribution in [0.4, 0.5) is 0 Å². The highest BCUT2D eigenvalue weighted by Gasteiger charge is 2.25. The van der Waals surface area contributed by atoms with E-state index in [9.17, 15) is 19.5 Å². The summed E-state index contributed by atoms with van der Waals surface area (Å²) in [5.74, 6) is -1.80. The van der Waals surface area contributed by atoms with Crippen LogP contribution in [0, 0.1) is 0 Å². The smallest absolute Gasteiger partial charge is 0.306 e. The highest BCUT2D eigenvalue weighted by Crippen LogP contribution is 2.14. The quantitative estimate of drug-likeness (QED) is 0.0266. The fourth-order valence-corrected chi connectivity index (χ4v) is 6.32. The molecule has 0 spiro atoms. The second-order valence-electron chi connectivity index (χ2n) is 15.9. The van der Waals surface area contributed by atoms with Gasteiger partial charge in [-0.25, -0.2) is 0 Å². The van der Waals surface area contributed by atoms with Crippen molar-refractivity contribution >= 4 is 17.9 Å². The Hall–Kier alpha value is -2.45. The maximum Gasteiger partial charge on any atom is 0.306 e. The average Bonchev–Trinajstić information content (AvgIpc) is 3.12. The van der Waals surface area contributed by atoms with Gasteiger partial charge in [-0.1, -0.05) is 159 Å². The van der Waals surface area contributed by atoms with Crippen molar-refractivity contribution in [3.63, 3.8) is 0 Å². The van der Waals surface area contributed by atoms with Gasteiger partial charge in [0.05, 0.1) is 40.3 Å². The van der Waals surface area contributed by atoms with E-state index in [4.69, 9.17) is 14.2 Å². The van der Waals surface area contributed by atoms with Crippen LogP contribution in [-0.2, 0) is 28.6 Å². The lowest BCUT2D eigenvalue weighted by Gasteiger charge is -2.34. The molecular formula is C46H83NO7. The number of carbonyl (C=O) groups excluding carboxylic acids is 3. The van der Waals surface area contributed by atoms with Crippen LogP contribution in [-0.4, -0.2) is 75.5 Å². The number of esters is 2. The molecule has 0 radical (unpaired) electrons. The summed E-state index contributed by atoms with van der Waals surface area (Å²) in [6.45, 7) is 4.60. The maximum atomic E-state index is 12.7. The van der Waals surface area contributed by atoms with Gasteiger partial charge in [0.25, 0.3) is 0 Å². The molecule has 0 aromatic carbocycles. The summed E-state index contributed by atoms with van der Waals surface area (Å²) in [5.41, 5.74) is 0. The van der Waals surface area contributed by atoms with E-state index in [0.717, 1.165) is 38.5 Å². The lowest BCUT2D eigenvalue weighted by Crippen LogP contribution is -2.55. The second kappa shape index (κ2) is 37.5. The number of likely N-dealkylation sites (N-methyl/N-ethyl adjacent to an activating group) is 1. The second-order valence-corrected chi connectivity index (χ2v) is 15.9. The molecule has 2 atom stereocenters. The van der Waals surface area contributed by atoms with Crippen LogP contribution in [0.25, 0.3) is 0 Å². The van der Waals surface area contributed by atoms with Crippen LogP contribution in [0.5, 0.6) is 0 Å². The van der Waals surface area contributed by atoms with E-state index in [1.807, 2.05) is 0 Å². The molecule has 0 saturated heterocycles. The molecule has 0 saturated carbocycles. The Labute approximate surface area is 332 Å². The first-order valence-electron chi connectivity index (χ1n) is 22.0. The Bertz CT molecular complexity index is 984. The van der Waals surface area contributed by atoms with Crippen molar-refractivity contribution in [2.24, 2.45) is 0 Å². The van der Waals surface area contributed by atoms with Gasteiger partial charge in [-0.3, -0.25) is 9.59 Å². The Morgan fingerprint density at radius 2 is 1.00 bits per heavy atom. The maximum absolute atomic E-state index is 12.7. The molecule has 0 fully saturated rings. The molecule has 0 rings (SSSR count). The lowest BCUT2D eigenvalue weighted by atomic mass is 10.0. The van der Waals surface area contributed by atoms with Gasteiger partial charge in [-0.2, -0.15) is 0 Å². The van der Waals surface area contributed by atoms with Gasteiger partial charge >= 0.3 is 11.9 Å². The van der Waals surface area contributed by atoms with Crippen LogP contribution >= 0.6 is 0 Å². The Balaban J connectivity index is 4.43. The molecule has 0 aliphatic carbocycles. The van der Waals surface area contributed by atoms with E-state index >= 15 is 0 Å². The summed E-state index contributed by atoms with van der Waals surface area (Å²) in [6, 6.07) is -0.732. The van der Waals surface area contributed by atoms with E-state index < -0.39 is 18.1 Å². The number of nitrogens with zero attached hydrogens (tertiary/aromatic N) is 1. The molecule has 2 unspecified atom stereocenters. The van der Waals surface area contributed by atoms with Crippen LogP contribution in [0.3, 0.4) is 0 Å². The monoisotopic (exact) mass is 762 g/mol. The van der Waals surface area contributed by atoms with Crippen molar-refractivity contribution < 1.29 is 38.2 Å². The van der Waals surface area contributed by atoms with Crippen molar-refractivity contribution in [2.45, 2.75) is 199 Å². The number of aliphatic carboxylic acids is 1. The summed E-state index contributed by atoms with van der Waals surface area (Å²) in [5, 5.41) is 11.6. The van der Waals surface area contributed by atoms with Gasteiger partial charge in [0.1, 0.15) is 12.6 Å². The van der Waals surface area contributed by atoms with Crippen molar-refractivity contribution in [1.29, 1.82) is 0 Å². The molecule has 0 aromatic rings. The standard InChI is InChI=1S/C46H83NO7/c1-6-8-10-12-14-16-18-20-21-22-23-25-27-29-31-33-35-37-45(49)54-42(40-52-39-38-43(46(50)51)47(3,4)5)41-53-44(48)36-34-32-30-28-26-24-19-17-15-13-11-9-7-2/h20-21,23,25,29,31,42-43H,6-19,22,24,26-28,30,32-41H2,1-5H3/b21-20+,25-23+,31-29+. The molecule has 0 aliphatic rings. The Morgan fingerprint density at radius 3 is 1.50 bits per heavy atom. The molecular weight excluding hydrogens is 679 g/mol. The number of carbonyl (C=O) groups is 3. The summed E-state index contributed by atoms with van der Waals surface area (Å²) in [7, 11) is 5.39. The molecule has 8 nitrogen and oxygen atoms in total. The van der Waals surface area contributed by atoms with Crippen molar-refractivity contribution in [1.82, 2.24) is 0 Å². The first-order chi connectivity index (χ1) is 26.1. The highest BCUT2D eigenvalue weighted by atomic mass is 16.6. The summed E-state index contributed by atoms with van der Waals surface area (Å²) >= 11 is 0. The van der Waals surface area contributed by atoms with E-state index in [1.165, 1.54) is 109 Å². The third kappa shape index (κ3) is 35.3. The molecule has 8 heteroatoms. The normalized spacial score (nSPS) is 13.3. The molecule has 0 N–H and O–H groups in total. The van der Waals surface area contributed by atoms with Gasteiger partial charge in [0.2, 0.25) is 0 Å². The van der Waals surface area contributed by atoms with Crippen molar-refractivity contribution in [3.05, 3.63) is 36.5 Å². The largest absolute Gasteiger partial charge is 0.544 e. The van der Waals surface area contributed by atoms with E-state index in [2.05, 4.69) is 50.3 Å². The minimum Gasteiger partial charge on any atom is -0.544 e. The number of rotatable bonds is 39. The van der Waals surface area contributed by atoms with E-state index in [1.54, 1.807) is 21.1 Å². The summed E-state index contributed by atoms with van der Waals surface area (Å²) in [4.78, 5) is 36.8. The number of quaternary nitrogens is 1. The number of unbranched alkanes of at least 4 members (excludes halogenated alkanes) is 19. The average molecular weight is 762 g/mol. The number of hydrogen-bond donors (Lipinski definition) is 0. The minimum absolute atomic E-state index is 0.0230. The highest BCUT2D eigenvalue weighted by molar-refractivity contribution is 5.70. The Kier molecular flexibility index (Phi) is 35.8. The first-order valence-corrected chi connectivity index (χ1v) is 22.0.